The Morgan fingerprint density at radius 1 is 0.913 bits per heavy atom. The Morgan fingerprint density at radius 3 is 2.17 bits per heavy atom. The van der Waals surface area contributed by atoms with Crippen LogP contribution in [0.4, 0.5) is 0 Å². The van der Waals surface area contributed by atoms with Crippen LogP contribution >= 0.6 is 0 Å². The fourth-order valence-corrected chi connectivity index (χ4v) is 2.53. The number of hydrogen-bond donors (Lipinski definition) is 1. The SMILES string of the molecule is CCN(CC)Cc1ccc(C(=O)NCCc2ccccc2)cc1. The Balaban J connectivity index is 1.83. The highest BCUT2D eigenvalue weighted by molar-refractivity contribution is 5.94. The van der Waals surface area contributed by atoms with Crippen molar-refractivity contribution in [1.82, 2.24) is 10.2 Å². The van der Waals surface area contributed by atoms with Gasteiger partial charge in [-0.3, -0.25) is 9.69 Å². The largest absolute Gasteiger partial charge is 0.352 e. The number of carbonyl (C=O) groups excluding carboxylic acids is 1. The maximum absolute atomic E-state index is 12.2. The van der Waals surface area contributed by atoms with E-state index < -0.39 is 0 Å². The molecule has 2 rings (SSSR count). The molecule has 0 spiro atoms. The molecule has 0 heterocycles. The van der Waals surface area contributed by atoms with Crippen molar-refractivity contribution >= 4 is 5.91 Å². The number of carbonyl (C=O) groups is 1. The van der Waals surface area contributed by atoms with Crippen molar-refractivity contribution in [2.75, 3.05) is 19.6 Å². The average molecular weight is 310 g/mol. The van der Waals surface area contributed by atoms with Crippen molar-refractivity contribution in [1.29, 1.82) is 0 Å². The van der Waals surface area contributed by atoms with Gasteiger partial charge in [-0.2, -0.15) is 0 Å². The van der Waals surface area contributed by atoms with Gasteiger partial charge in [0.05, 0.1) is 0 Å². The Bertz CT molecular complexity index is 589. The molecule has 0 unspecified atom stereocenters. The van der Waals surface area contributed by atoms with Crippen LogP contribution in [0, 0.1) is 0 Å². The predicted molar refractivity (Wildman–Crippen MR) is 95.5 cm³/mol. The van der Waals surface area contributed by atoms with E-state index in [0.717, 1.165) is 31.6 Å². The second kappa shape index (κ2) is 9.11. The second-order valence-corrected chi connectivity index (χ2v) is 5.65. The molecule has 3 nitrogen and oxygen atoms in total. The fourth-order valence-electron chi connectivity index (χ4n) is 2.53. The van der Waals surface area contributed by atoms with Gasteiger partial charge in [-0.1, -0.05) is 56.3 Å². The first-order valence-electron chi connectivity index (χ1n) is 8.36. The molecule has 0 aliphatic carbocycles. The zero-order valence-electron chi connectivity index (χ0n) is 14.1. The summed E-state index contributed by atoms with van der Waals surface area (Å²) in [5.74, 6) is -0.00433. The maximum Gasteiger partial charge on any atom is 0.251 e. The first-order chi connectivity index (χ1) is 11.2. The van der Waals surface area contributed by atoms with Crippen LogP contribution in [-0.4, -0.2) is 30.4 Å². The van der Waals surface area contributed by atoms with Crippen molar-refractivity contribution < 1.29 is 4.79 Å². The van der Waals surface area contributed by atoms with E-state index in [-0.39, 0.29) is 5.91 Å². The smallest absolute Gasteiger partial charge is 0.251 e. The topological polar surface area (TPSA) is 32.3 Å². The molecular weight excluding hydrogens is 284 g/mol. The Labute approximate surface area is 139 Å². The summed E-state index contributed by atoms with van der Waals surface area (Å²) < 4.78 is 0. The minimum Gasteiger partial charge on any atom is -0.352 e. The zero-order chi connectivity index (χ0) is 16.5. The normalized spacial score (nSPS) is 10.7. The quantitative estimate of drug-likeness (QED) is 0.809. The highest BCUT2D eigenvalue weighted by Crippen LogP contribution is 2.08. The van der Waals surface area contributed by atoms with Gasteiger partial charge in [0.15, 0.2) is 0 Å². The lowest BCUT2D eigenvalue weighted by Gasteiger charge is -2.18. The summed E-state index contributed by atoms with van der Waals surface area (Å²) in [6.45, 7) is 8.00. The Kier molecular flexibility index (Phi) is 6.82. The molecule has 1 amide bonds. The van der Waals surface area contributed by atoms with E-state index in [1.54, 1.807) is 0 Å². The molecule has 0 bridgehead atoms. The molecule has 3 heteroatoms. The third-order valence-electron chi connectivity index (χ3n) is 4.06. The first kappa shape index (κ1) is 17.2. The summed E-state index contributed by atoms with van der Waals surface area (Å²) in [5, 5.41) is 2.98. The van der Waals surface area contributed by atoms with Crippen molar-refractivity contribution in [2.24, 2.45) is 0 Å². The van der Waals surface area contributed by atoms with Crippen LogP contribution in [0.2, 0.25) is 0 Å². The molecule has 2 aromatic carbocycles. The van der Waals surface area contributed by atoms with Gasteiger partial charge in [-0.25, -0.2) is 0 Å². The van der Waals surface area contributed by atoms with Gasteiger partial charge in [0, 0.05) is 18.7 Å². The van der Waals surface area contributed by atoms with Gasteiger partial charge in [-0.15, -0.1) is 0 Å². The van der Waals surface area contributed by atoms with Crippen molar-refractivity contribution in [3.8, 4) is 0 Å². The first-order valence-corrected chi connectivity index (χ1v) is 8.36. The van der Waals surface area contributed by atoms with Crippen LogP contribution in [0.5, 0.6) is 0 Å². The van der Waals surface area contributed by atoms with E-state index >= 15 is 0 Å². The summed E-state index contributed by atoms with van der Waals surface area (Å²) in [6.07, 6.45) is 0.854. The summed E-state index contributed by atoms with van der Waals surface area (Å²) in [5.41, 5.74) is 3.21. The molecular formula is C20H26N2O. The van der Waals surface area contributed by atoms with E-state index in [4.69, 9.17) is 0 Å². The van der Waals surface area contributed by atoms with Crippen LogP contribution in [0.25, 0.3) is 0 Å². The molecule has 0 saturated heterocycles. The molecule has 0 aromatic heterocycles. The highest BCUT2D eigenvalue weighted by Gasteiger charge is 2.06. The molecule has 0 radical (unpaired) electrons. The third-order valence-corrected chi connectivity index (χ3v) is 4.06. The molecule has 0 atom stereocenters. The van der Waals surface area contributed by atoms with Crippen molar-refractivity contribution in [3.05, 3.63) is 71.3 Å². The van der Waals surface area contributed by atoms with Crippen LogP contribution in [0.15, 0.2) is 54.6 Å². The molecule has 23 heavy (non-hydrogen) atoms. The summed E-state index contributed by atoms with van der Waals surface area (Å²) >= 11 is 0. The standard InChI is InChI=1S/C20H26N2O/c1-3-22(4-2)16-18-10-12-19(13-11-18)20(23)21-15-14-17-8-6-5-7-9-17/h5-13H,3-4,14-16H2,1-2H3,(H,21,23). The van der Waals surface area contributed by atoms with Gasteiger partial charge in [0.2, 0.25) is 0 Å². The van der Waals surface area contributed by atoms with Crippen molar-refractivity contribution in [2.45, 2.75) is 26.8 Å². The predicted octanol–water partition coefficient (Wildman–Crippen LogP) is 3.50. The van der Waals surface area contributed by atoms with E-state index in [1.165, 1.54) is 11.1 Å². The van der Waals surface area contributed by atoms with Gasteiger partial charge < -0.3 is 5.32 Å². The number of nitrogens with one attached hydrogen (secondary N) is 1. The van der Waals surface area contributed by atoms with Gasteiger partial charge >= 0.3 is 0 Å². The van der Waals surface area contributed by atoms with E-state index in [9.17, 15) is 4.79 Å². The minimum absolute atomic E-state index is 0.00433. The van der Waals surface area contributed by atoms with E-state index in [2.05, 4.69) is 36.2 Å². The molecule has 0 saturated carbocycles. The number of amides is 1. The Hall–Kier alpha value is -2.13. The number of benzene rings is 2. The molecule has 0 aliphatic rings. The van der Waals surface area contributed by atoms with Crippen LogP contribution in [0.3, 0.4) is 0 Å². The van der Waals surface area contributed by atoms with Gasteiger partial charge in [0.25, 0.3) is 5.91 Å². The summed E-state index contributed by atoms with van der Waals surface area (Å²) in [4.78, 5) is 14.5. The minimum atomic E-state index is -0.00433. The molecule has 0 aliphatic heterocycles. The lowest BCUT2D eigenvalue weighted by atomic mass is 10.1. The monoisotopic (exact) mass is 310 g/mol. The molecule has 2 aromatic rings. The van der Waals surface area contributed by atoms with E-state index in [1.807, 2.05) is 42.5 Å². The van der Waals surface area contributed by atoms with Crippen LogP contribution < -0.4 is 5.32 Å². The molecule has 122 valence electrons. The number of rotatable bonds is 8. The van der Waals surface area contributed by atoms with Gasteiger partial charge in [0.1, 0.15) is 0 Å². The van der Waals surface area contributed by atoms with Crippen molar-refractivity contribution in [3.63, 3.8) is 0 Å². The summed E-state index contributed by atoms with van der Waals surface area (Å²) in [7, 11) is 0. The van der Waals surface area contributed by atoms with Crippen LogP contribution in [0.1, 0.15) is 35.3 Å². The average Bonchev–Trinajstić information content (AvgIpc) is 2.61. The fraction of sp³-hybridized carbons (Fsp3) is 0.350. The molecule has 1 N–H and O–H groups in total. The zero-order valence-corrected chi connectivity index (χ0v) is 14.1. The van der Waals surface area contributed by atoms with E-state index in [0.29, 0.717) is 6.54 Å². The Morgan fingerprint density at radius 2 is 1.57 bits per heavy atom. The number of hydrogen-bond acceptors (Lipinski definition) is 2. The highest BCUT2D eigenvalue weighted by atomic mass is 16.1. The van der Waals surface area contributed by atoms with Gasteiger partial charge in [-0.05, 0) is 42.8 Å². The third kappa shape index (κ3) is 5.53. The maximum atomic E-state index is 12.2. The lowest BCUT2D eigenvalue weighted by Crippen LogP contribution is -2.26. The summed E-state index contributed by atoms with van der Waals surface area (Å²) in [6, 6.07) is 18.1. The molecule has 0 fully saturated rings. The number of nitrogens with zero attached hydrogens (tertiary/aromatic N) is 1. The lowest BCUT2D eigenvalue weighted by molar-refractivity contribution is 0.0954. The second-order valence-electron chi connectivity index (χ2n) is 5.65. The van der Waals surface area contributed by atoms with Crippen LogP contribution in [-0.2, 0) is 13.0 Å².